The second-order valence-electron chi connectivity index (χ2n) is 8.02. The van der Waals surface area contributed by atoms with Crippen LogP contribution in [0.2, 0.25) is 5.15 Å². The molecule has 0 bridgehead atoms. The van der Waals surface area contributed by atoms with Gasteiger partial charge >= 0.3 is 5.69 Å². The SMILES string of the molecule is CCCCc1c(Cl)n(C(C)C)c(=O)n1Cc1ccc(-c2cccnc2-c2nnn[nH]2)cc1. The van der Waals surface area contributed by atoms with E-state index in [2.05, 4.69) is 32.5 Å². The molecule has 3 heterocycles. The second kappa shape index (κ2) is 9.48. The molecule has 0 radical (unpaired) electrons. The number of hydrogen-bond donors (Lipinski definition) is 1. The summed E-state index contributed by atoms with van der Waals surface area (Å²) >= 11 is 6.62. The van der Waals surface area contributed by atoms with Gasteiger partial charge in [-0.05, 0) is 54.3 Å². The van der Waals surface area contributed by atoms with Crippen LogP contribution in [-0.2, 0) is 13.0 Å². The first kappa shape index (κ1) is 22.0. The fraction of sp³-hybridized carbons (Fsp3) is 0.348. The maximum atomic E-state index is 13.1. The van der Waals surface area contributed by atoms with Crippen molar-refractivity contribution in [1.29, 1.82) is 0 Å². The number of nitrogens with one attached hydrogen (secondary N) is 1. The normalized spacial score (nSPS) is 11.4. The van der Waals surface area contributed by atoms with Crippen LogP contribution in [-0.4, -0.2) is 34.7 Å². The first-order chi connectivity index (χ1) is 15.5. The standard InChI is InChI=1S/C23H26ClN7O/c1-4-5-8-19-21(24)31(15(2)3)23(32)30(19)14-16-9-11-17(12-10-16)18-7-6-13-25-20(18)22-26-28-29-27-22/h6-7,9-13,15H,4-5,8,14H2,1-3H3,(H,26,27,28,29). The molecule has 8 nitrogen and oxygen atoms in total. The molecule has 4 rings (SSSR count). The summed E-state index contributed by atoms with van der Waals surface area (Å²) in [5.41, 5.74) is 4.47. The van der Waals surface area contributed by atoms with Gasteiger partial charge < -0.3 is 0 Å². The average Bonchev–Trinajstić information content (AvgIpc) is 3.40. The molecule has 0 aliphatic heterocycles. The molecule has 166 valence electrons. The summed E-state index contributed by atoms with van der Waals surface area (Å²) in [5, 5.41) is 14.6. The third-order valence-electron chi connectivity index (χ3n) is 5.48. The van der Waals surface area contributed by atoms with Crippen LogP contribution < -0.4 is 5.69 Å². The minimum Gasteiger partial charge on any atom is -0.290 e. The van der Waals surface area contributed by atoms with E-state index >= 15 is 0 Å². The van der Waals surface area contributed by atoms with Crippen LogP contribution in [0.25, 0.3) is 22.6 Å². The molecule has 0 spiro atoms. The molecule has 3 aromatic heterocycles. The number of benzene rings is 1. The minimum atomic E-state index is -0.0625. The number of halogens is 1. The van der Waals surface area contributed by atoms with E-state index in [1.807, 2.05) is 54.8 Å². The van der Waals surface area contributed by atoms with Gasteiger partial charge in [-0.3, -0.25) is 14.1 Å². The number of aromatic amines is 1. The van der Waals surface area contributed by atoms with Crippen molar-refractivity contribution in [2.24, 2.45) is 0 Å². The number of pyridine rings is 1. The van der Waals surface area contributed by atoms with Crippen LogP contribution in [0.1, 0.15) is 50.9 Å². The lowest BCUT2D eigenvalue weighted by Crippen LogP contribution is -2.26. The van der Waals surface area contributed by atoms with Crippen LogP contribution in [0.5, 0.6) is 0 Å². The number of tetrazole rings is 1. The molecule has 0 unspecified atom stereocenters. The van der Waals surface area contributed by atoms with Gasteiger partial charge in [0.25, 0.3) is 0 Å². The zero-order valence-corrected chi connectivity index (χ0v) is 19.2. The van der Waals surface area contributed by atoms with Crippen molar-refractivity contribution in [2.45, 2.75) is 52.6 Å². The van der Waals surface area contributed by atoms with E-state index in [-0.39, 0.29) is 11.7 Å². The largest absolute Gasteiger partial charge is 0.330 e. The van der Waals surface area contributed by atoms with E-state index in [4.69, 9.17) is 11.6 Å². The van der Waals surface area contributed by atoms with E-state index < -0.39 is 0 Å². The molecule has 0 saturated heterocycles. The molecule has 0 saturated carbocycles. The zero-order chi connectivity index (χ0) is 22.7. The lowest BCUT2D eigenvalue weighted by Gasteiger charge is -2.10. The molecule has 0 fully saturated rings. The molecule has 9 heteroatoms. The van der Waals surface area contributed by atoms with Crippen molar-refractivity contribution in [2.75, 3.05) is 0 Å². The van der Waals surface area contributed by atoms with Crippen molar-refractivity contribution in [1.82, 2.24) is 34.7 Å². The molecular weight excluding hydrogens is 426 g/mol. The van der Waals surface area contributed by atoms with E-state index in [0.29, 0.717) is 23.2 Å². The predicted octanol–water partition coefficient (Wildman–Crippen LogP) is 4.52. The highest BCUT2D eigenvalue weighted by Gasteiger charge is 2.20. The summed E-state index contributed by atoms with van der Waals surface area (Å²) in [4.78, 5) is 17.5. The Morgan fingerprint density at radius 1 is 1.16 bits per heavy atom. The Kier molecular flexibility index (Phi) is 6.50. The van der Waals surface area contributed by atoms with Gasteiger partial charge in [-0.2, -0.15) is 0 Å². The molecule has 1 aromatic carbocycles. The van der Waals surface area contributed by atoms with Gasteiger partial charge in [0.2, 0.25) is 0 Å². The predicted molar refractivity (Wildman–Crippen MR) is 125 cm³/mol. The van der Waals surface area contributed by atoms with Crippen molar-refractivity contribution in [3.63, 3.8) is 0 Å². The van der Waals surface area contributed by atoms with Gasteiger partial charge in [0.1, 0.15) is 10.8 Å². The third kappa shape index (κ3) is 4.23. The van der Waals surface area contributed by atoms with Gasteiger partial charge in [-0.25, -0.2) is 9.89 Å². The topological polar surface area (TPSA) is 94.3 Å². The smallest absolute Gasteiger partial charge is 0.290 e. The highest BCUT2D eigenvalue weighted by molar-refractivity contribution is 6.30. The summed E-state index contributed by atoms with van der Waals surface area (Å²) in [5.74, 6) is 0.515. The van der Waals surface area contributed by atoms with Gasteiger partial charge in [-0.1, -0.05) is 55.3 Å². The molecule has 0 atom stereocenters. The van der Waals surface area contributed by atoms with E-state index in [9.17, 15) is 4.79 Å². The van der Waals surface area contributed by atoms with Crippen LogP contribution in [0.15, 0.2) is 47.4 Å². The molecule has 0 aliphatic rings. The highest BCUT2D eigenvalue weighted by Crippen LogP contribution is 2.28. The first-order valence-electron chi connectivity index (χ1n) is 10.8. The minimum absolute atomic E-state index is 0.00795. The second-order valence-corrected chi connectivity index (χ2v) is 8.38. The van der Waals surface area contributed by atoms with Crippen molar-refractivity contribution >= 4 is 11.6 Å². The molecule has 0 amide bonds. The highest BCUT2D eigenvalue weighted by atomic mass is 35.5. The zero-order valence-electron chi connectivity index (χ0n) is 18.4. The Morgan fingerprint density at radius 2 is 1.94 bits per heavy atom. The van der Waals surface area contributed by atoms with Gasteiger partial charge in [0.05, 0.1) is 12.2 Å². The Balaban J connectivity index is 1.66. The average molecular weight is 452 g/mol. The van der Waals surface area contributed by atoms with Crippen molar-refractivity contribution < 1.29 is 0 Å². The lowest BCUT2D eigenvalue weighted by molar-refractivity contribution is 0.560. The Labute approximate surface area is 191 Å². The fourth-order valence-corrected chi connectivity index (χ4v) is 4.30. The molecule has 4 aromatic rings. The van der Waals surface area contributed by atoms with Crippen LogP contribution >= 0.6 is 11.6 Å². The quantitative estimate of drug-likeness (QED) is 0.425. The number of nitrogens with zero attached hydrogens (tertiary/aromatic N) is 6. The summed E-state index contributed by atoms with van der Waals surface area (Å²) < 4.78 is 3.48. The lowest BCUT2D eigenvalue weighted by atomic mass is 10.0. The van der Waals surface area contributed by atoms with Crippen molar-refractivity contribution in [3.8, 4) is 22.6 Å². The van der Waals surface area contributed by atoms with Crippen LogP contribution in [0.4, 0.5) is 0 Å². The molecule has 1 N–H and O–H groups in total. The van der Waals surface area contributed by atoms with E-state index in [1.54, 1.807) is 10.8 Å². The molecule has 32 heavy (non-hydrogen) atoms. The van der Waals surface area contributed by atoms with Crippen LogP contribution in [0.3, 0.4) is 0 Å². The summed E-state index contributed by atoms with van der Waals surface area (Å²) in [6, 6.07) is 12.0. The number of imidazole rings is 1. The number of aromatic nitrogens is 7. The van der Waals surface area contributed by atoms with Crippen molar-refractivity contribution in [3.05, 3.63) is 69.5 Å². The number of unbranched alkanes of at least 4 members (excludes halogenated alkanes) is 1. The maximum Gasteiger partial charge on any atom is 0.330 e. The van der Waals surface area contributed by atoms with Gasteiger partial charge in [-0.15, -0.1) is 5.10 Å². The number of rotatable bonds is 8. The van der Waals surface area contributed by atoms with Crippen LogP contribution in [0, 0.1) is 0 Å². The van der Waals surface area contributed by atoms with E-state index in [0.717, 1.165) is 41.6 Å². The van der Waals surface area contributed by atoms with Gasteiger partial charge in [0, 0.05) is 17.8 Å². The Bertz CT molecular complexity index is 1240. The van der Waals surface area contributed by atoms with E-state index in [1.165, 1.54) is 0 Å². The third-order valence-corrected chi connectivity index (χ3v) is 5.88. The summed E-state index contributed by atoms with van der Waals surface area (Å²) in [6.45, 7) is 6.57. The fourth-order valence-electron chi connectivity index (χ4n) is 3.83. The molecular formula is C23H26ClN7O. The Hall–Kier alpha value is -3.26. The Morgan fingerprint density at radius 3 is 2.59 bits per heavy atom. The number of hydrogen-bond acceptors (Lipinski definition) is 5. The first-order valence-corrected chi connectivity index (χ1v) is 11.2. The molecule has 0 aliphatic carbocycles. The monoisotopic (exact) mass is 451 g/mol. The number of H-pyrrole nitrogens is 1. The summed E-state index contributed by atoms with van der Waals surface area (Å²) in [6.07, 6.45) is 4.52. The maximum absolute atomic E-state index is 13.1. The van der Waals surface area contributed by atoms with Gasteiger partial charge in [0.15, 0.2) is 5.82 Å². The summed E-state index contributed by atoms with van der Waals surface area (Å²) in [7, 11) is 0.